The molecule has 6 aliphatic rings. The minimum atomic E-state index is -0.715. The molecule has 27 nitrogen and oxygen atoms in total. The third kappa shape index (κ3) is 13.2. The van der Waals surface area contributed by atoms with Gasteiger partial charge in [0.1, 0.15) is 45.9 Å². The predicted octanol–water partition coefficient (Wildman–Crippen LogP) is 8.73. The lowest BCUT2D eigenvalue weighted by molar-refractivity contribution is -0.118. The Morgan fingerprint density at radius 1 is 0.611 bits per heavy atom. The number of rotatable bonds is 11. The number of amides is 3. The first-order valence-corrected chi connectivity index (χ1v) is 30.3. The number of benzene rings is 3. The van der Waals surface area contributed by atoms with Gasteiger partial charge in [-0.15, -0.1) is 10.2 Å². The summed E-state index contributed by atoms with van der Waals surface area (Å²) in [4.78, 5) is 74.8. The van der Waals surface area contributed by atoms with Crippen molar-refractivity contribution < 1.29 is 27.6 Å². The van der Waals surface area contributed by atoms with E-state index >= 15 is 0 Å². The van der Waals surface area contributed by atoms with Crippen molar-refractivity contribution in [3.05, 3.63) is 151 Å². The Morgan fingerprint density at radius 3 is 1.46 bits per heavy atom. The molecule has 0 radical (unpaired) electrons. The maximum absolute atomic E-state index is 13.2. The fraction of sp³-hybridized carbons (Fsp3) is 0.254. The highest BCUT2D eigenvalue weighted by Crippen LogP contribution is 2.35. The Labute approximate surface area is 531 Å². The van der Waals surface area contributed by atoms with Crippen LogP contribution in [0, 0.1) is 0 Å². The standard InChI is InChI=1S/C22H23ClN6O2.C19H15ClN8O2S.C18H18ClN7O2/c1-12-17(20(30)26-13-6-2-3-7-13)19(18-14(23)10-11-24-18)28-21(25-12)29-22-27-15-8-4-5-9-16(15)31-22;1-9-13(16(29)26-19-28-22-8-31-19)15(14-10(20)6-7-21-14)25-17(23-9)27-18-24-11-4-2-3-5-12(11)30-18;1-9-13(16(27)20-2)15(14-10(19)8-26(3)25-14)23-17(21-9)24-18-22-11-6-4-5-7-12(11)28-18/h4-5,8-10,13,19H,2-3,6-7,11H2,1H3,(H,26,30)(H2,25,27,28,29);2-6,8,15H,7H2,1H3,(H,26,28,29)(H2,23,24,25,27);4-8,15H,1-3H3,(H,20,27)(H2,21,22,23,24). The van der Waals surface area contributed by atoms with Crippen LogP contribution in [0.2, 0.25) is 5.02 Å². The zero-order valence-electron chi connectivity index (χ0n) is 48.6. The fourth-order valence-corrected chi connectivity index (χ4v) is 11.7. The van der Waals surface area contributed by atoms with Gasteiger partial charge in [0.15, 0.2) is 16.7 Å². The lowest BCUT2D eigenvalue weighted by Gasteiger charge is -2.27. The van der Waals surface area contributed by atoms with Crippen molar-refractivity contribution in [2.75, 3.05) is 41.4 Å². The SMILES string of the molecule is CC1=C(C(=O)NC2CCCC2)C(C2=NCC=C2Cl)N=C(Nc2nc3ccccc3o2)N1.CC1=C(C(=O)Nc2nncs2)C(C2=NCC=C2Cl)N=C(Nc2nc3ccccc3o2)N1.CNC(=O)C1=C(C)NC(Nc2nc3ccccc3o2)=NC1c1nn(C)cc1Cl. The van der Waals surface area contributed by atoms with Crippen LogP contribution in [0.25, 0.3) is 33.3 Å². The fourth-order valence-electron chi connectivity index (χ4n) is 10.5. The van der Waals surface area contributed by atoms with Crippen molar-refractivity contribution >= 4 is 150 Å². The number of nitrogens with zero attached hydrogens (tertiary/aromatic N) is 12. The van der Waals surface area contributed by atoms with Crippen molar-refractivity contribution in [1.29, 1.82) is 0 Å². The van der Waals surface area contributed by atoms with Gasteiger partial charge in [-0.25, -0.2) is 15.0 Å². The number of hydrogen-bond acceptors (Lipinski definition) is 24. The smallest absolute Gasteiger partial charge is 0.302 e. The maximum atomic E-state index is 13.2. The minimum Gasteiger partial charge on any atom is -0.423 e. The van der Waals surface area contributed by atoms with E-state index < -0.39 is 18.1 Å². The van der Waals surface area contributed by atoms with Gasteiger partial charge in [0, 0.05) is 43.4 Å². The van der Waals surface area contributed by atoms with Crippen LogP contribution < -0.4 is 47.9 Å². The van der Waals surface area contributed by atoms with E-state index in [1.54, 1.807) is 44.9 Å². The van der Waals surface area contributed by atoms with Crippen LogP contribution >= 0.6 is 46.1 Å². The molecule has 3 unspecified atom stereocenters. The van der Waals surface area contributed by atoms with Crippen LogP contribution in [-0.2, 0) is 21.4 Å². The van der Waals surface area contributed by atoms with Crippen molar-refractivity contribution in [3.8, 4) is 0 Å². The van der Waals surface area contributed by atoms with Crippen LogP contribution in [0.4, 0.5) is 23.2 Å². The lowest BCUT2D eigenvalue weighted by atomic mass is 9.98. The van der Waals surface area contributed by atoms with Gasteiger partial charge >= 0.3 is 18.0 Å². The summed E-state index contributed by atoms with van der Waals surface area (Å²) in [5.74, 6) is 0.400. The second kappa shape index (κ2) is 26.4. The number of hydrogen-bond donors (Lipinski definition) is 9. The molecule has 0 spiro atoms. The molecule has 14 rings (SSSR count). The first-order chi connectivity index (χ1) is 43.6. The Hall–Kier alpha value is -10.0. The summed E-state index contributed by atoms with van der Waals surface area (Å²) in [5, 5.41) is 40.8. The molecule has 3 atom stereocenters. The molecule has 0 saturated heterocycles. The number of carbonyl (C=O) groups excluding carboxylic acids is 3. The number of carbonyl (C=O) groups is 3. The van der Waals surface area contributed by atoms with Crippen LogP contribution in [0.1, 0.15) is 58.2 Å². The first-order valence-electron chi connectivity index (χ1n) is 28.3. The number of aryl methyl sites for hydroxylation is 1. The predicted molar refractivity (Wildman–Crippen MR) is 347 cm³/mol. The van der Waals surface area contributed by atoms with E-state index in [4.69, 9.17) is 53.0 Å². The van der Waals surface area contributed by atoms with E-state index in [1.165, 1.54) is 16.8 Å². The highest BCUT2D eigenvalue weighted by Gasteiger charge is 2.38. The average Bonchev–Trinajstić information content (AvgIpc) is 2.16. The lowest BCUT2D eigenvalue weighted by Crippen LogP contribution is -2.45. The Morgan fingerprint density at radius 2 is 1.06 bits per heavy atom. The quantitative estimate of drug-likeness (QED) is 0.0584. The molecule has 90 heavy (non-hydrogen) atoms. The zero-order valence-corrected chi connectivity index (χ0v) is 51.7. The van der Waals surface area contributed by atoms with Crippen molar-refractivity contribution in [2.45, 2.75) is 70.6 Å². The van der Waals surface area contributed by atoms with Gasteiger partial charge in [-0.1, -0.05) is 95.4 Å². The molecule has 3 aromatic carbocycles. The van der Waals surface area contributed by atoms with E-state index in [1.807, 2.05) is 85.8 Å². The highest BCUT2D eigenvalue weighted by molar-refractivity contribution is 7.13. The van der Waals surface area contributed by atoms with Gasteiger partial charge in [0.2, 0.25) is 23.0 Å². The van der Waals surface area contributed by atoms with E-state index in [2.05, 4.69) is 98.1 Å². The van der Waals surface area contributed by atoms with Gasteiger partial charge in [-0.05, 0) is 82.2 Å². The summed E-state index contributed by atoms with van der Waals surface area (Å²) >= 11 is 20.3. The molecule has 31 heteroatoms. The van der Waals surface area contributed by atoms with E-state index in [-0.39, 0.29) is 35.8 Å². The zero-order chi connectivity index (χ0) is 62.6. The number of oxazole rings is 3. The number of likely N-dealkylation sites (N-methyl/N-ethyl adjacent to an activating group) is 1. The minimum absolute atomic E-state index is 0.134. The van der Waals surface area contributed by atoms with E-state index in [0.717, 1.165) is 36.7 Å². The third-order valence-corrected chi connectivity index (χ3v) is 16.2. The van der Waals surface area contributed by atoms with Gasteiger partial charge in [0.25, 0.3) is 17.7 Å². The second-order valence-corrected chi connectivity index (χ2v) is 22.8. The number of para-hydroxylation sites is 6. The first kappa shape index (κ1) is 60.3. The summed E-state index contributed by atoms with van der Waals surface area (Å²) < 4.78 is 18.7. The molecular formula is C59H56Cl3N21O6S. The van der Waals surface area contributed by atoms with E-state index in [9.17, 15) is 14.4 Å². The molecule has 0 bridgehead atoms. The molecule has 3 amide bonds. The summed E-state index contributed by atoms with van der Waals surface area (Å²) in [7, 11) is 3.32. The molecule has 460 valence electrons. The number of aliphatic imine (C=N–C) groups is 5. The maximum Gasteiger partial charge on any atom is 0.302 e. The summed E-state index contributed by atoms with van der Waals surface area (Å²) in [6, 6.07) is 21.4. The molecule has 1 saturated carbocycles. The number of guanidine groups is 3. The summed E-state index contributed by atoms with van der Waals surface area (Å²) in [6.07, 6.45) is 9.56. The number of halogens is 3. The molecular weight excluding hydrogens is 1240 g/mol. The molecule has 9 N–H and O–H groups in total. The molecule has 1 fully saturated rings. The third-order valence-electron chi connectivity index (χ3n) is 14.7. The summed E-state index contributed by atoms with van der Waals surface area (Å²) in [6.45, 7) is 6.34. The van der Waals surface area contributed by atoms with E-state index in [0.29, 0.717) is 130 Å². The average molecular weight is 1290 g/mol. The highest BCUT2D eigenvalue weighted by atomic mass is 35.5. The van der Waals surface area contributed by atoms with Crippen molar-refractivity contribution in [2.24, 2.45) is 32.0 Å². The molecule has 1 aliphatic carbocycles. The molecule has 5 aliphatic heterocycles. The Balaban J connectivity index is 0.000000131. The van der Waals surface area contributed by atoms with Crippen LogP contribution in [0.15, 0.2) is 179 Å². The van der Waals surface area contributed by atoms with Crippen molar-refractivity contribution in [3.63, 3.8) is 0 Å². The number of allylic oxidation sites excluding steroid dienone is 3. The van der Waals surface area contributed by atoms with Gasteiger partial charge in [-0.3, -0.25) is 50.3 Å². The van der Waals surface area contributed by atoms with Crippen LogP contribution in [-0.4, -0.2) is 120 Å². The molecule has 5 aromatic heterocycles. The Bertz CT molecular complexity index is 4370. The van der Waals surface area contributed by atoms with Gasteiger partial charge in [0.05, 0.1) is 56.3 Å². The number of anilines is 4. The van der Waals surface area contributed by atoms with Gasteiger partial charge in [-0.2, -0.15) is 20.1 Å². The van der Waals surface area contributed by atoms with Crippen LogP contribution in [0.5, 0.6) is 0 Å². The van der Waals surface area contributed by atoms with Gasteiger partial charge < -0.3 is 39.8 Å². The number of aromatic nitrogens is 7. The number of fused-ring (bicyclic) bond motifs is 3. The monoisotopic (exact) mass is 1290 g/mol. The van der Waals surface area contributed by atoms with Crippen molar-refractivity contribution in [1.82, 2.24) is 61.5 Å². The van der Waals surface area contributed by atoms with Crippen LogP contribution in [0.3, 0.4) is 0 Å². The number of nitrogens with one attached hydrogen (secondary N) is 9. The normalized spacial score (nSPS) is 19.0. The summed E-state index contributed by atoms with van der Waals surface area (Å²) in [5.41, 5.74) is 10.5. The Kier molecular flexibility index (Phi) is 17.6. The second-order valence-electron chi connectivity index (χ2n) is 20.8. The topological polar surface area (TPSA) is 343 Å². The molecule has 8 aromatic rings. The molecule has 10 heterocycles. The largest absolute Gasteiger partial charge is 0.423 e.